The van der Waals surface area contributed by atoms with E-state index in [1.807, 2.05) is 27.8 Å². The summed E-state index contributed by atoms with van der Waals surface area (Å²) < 4.78 is 2.03. The third kappa shape index (κ3) is 2.94. The first-order valence-electron chi connectivity index (χ1n) is 8.96. The fraction of sp³-hybridized carbons (Fsp3) is 0.526. The predicted octanol–water partition coefficient (Wildman–Crippen LogP) is 1.70. The molecule has 1 aromatic heterocycles. The van der Waals surface area contributed by atoms with Gasteiger partial charge in [0.05, 0.1) is 6.10 Å². The van der Waals surface area contributed by atoms with E-state index in [0.29, 0.717) is 12.6 Å². The van der Waals surface area contributed by atoms with Gasteiger partial charge in [-0.3, -0.25) is 9.69 Å². The van der Waals surface area contributed by atoms with Crippen molar-refractivity contribution in [2.75, 3.05) is 26.2 Å². The first kappa shape index (κ1) is 15.7. The quantitative estimate of drug-likeness (QED) is 0.933. The zero-order valence-electron chi connectivity index (χ0n) is 14.0. The molecule has 1 N–H and O–H groups in total. The van der Waals surface area contributed by atoms with Crippen LogP contribution in [-0.4, -0.2) is 63.7 Å². The number of aliphatic hydroxyl groups excluding tert-OH is 1. The molecule has 1 aromatic carbocycles. The Hall–Kier alpha value is -1.85. The Kier molecular flexibility index (Phi) is 4.29. The molecule has 128 valence electrons. The van der Waals surface area contributed by atoms with E-state index in [1.54, 1.807) is 0 Å². The van der Waals surface area contributed by atoms with Crippen LogP contribution in [0.15, 0.2) is 36.5 Å². The van der Waals surface area contributed by atoms with Gasteiger partial charge in [-0.2, -0.15) is 0 Å². The molecular weight excluding hydrogens is 302 g/mol. The van der Waals surface area contributed by atoms with Gasteiger partial charge in [0.1, 0.15) is 6.54 Å². The normalized spacial score (nSPS) is 25.5. The molecule has 1 amide bonds. The van der Waals surface area contributed by atoms with Crippen molar-refractivity contribution in [3.8, 4) is 0 Å². The van der Waals surface area contributed by atoms with Crippen LogP contribution in [-0.2, 0) is 11.3 Å². The molecule has 2 atom stereocenters. The summed E-state index contributed by atoms with van der Waals surface area (Å²) in [5.41, 5.74) is 1.11. The monoisotopic (exact) mass is 327 g/mol. The number of rotatable bonds is 3. The summed E-state index contributed by atoms with van der Waals surface area (Å²) in [5, 5.41) is 11.2. The Morgan fingerprint density at radius 3 is 2.62 bits per heavy atom. The van der Waals surface area contributed by atoms with E-state index >= 15 is 0 Å². The number of aromatic nitrogens is 1. The molecule has 2 aliphatic rings. The van der Waals surface area contributed by atoms with E-state index in [2.05, 4.69) is 23.1 Å². The van der Waals surface area contributed by atoms with Gasteiger partial charge in [-0.1, -0.05) is 18.2 Å². The molecule has 0 spiro atoms. The average molecular weight is 327 g/mol. The maximum absolute atomic E-state index is 12.6. The average Bonchev–Trinajstić information content (AvgIpc) is 3.22. The molecule has 2 aromatic rings. The van der Waals surface area contributed by atoms with Crippen molar-refractivity contribution < 1.29 is 9.90 Å². The zero-order valence-corrected chi connectivity index (χ0v) is 14.0. The van der Waals surface area contributed by atoms with Crippen molar-refractivity contribution in [1.29, 1.82) is 0 Å². The number of hydrogen-bond acceptors (Lipinski definition) is 3. The molecule has 2 fully saturated rings. The molecule has 5 heteroatoms. The summed E-state index contributed by atoms with van der Waals surface area (Å²) in [5.74, 6) is 0.183. The van der Waals surface area contributed by atoms with Gasteiger partial charge in [0.2, 0.25) is 5.91 Å². The summed E-state index contributed by atoms with van der Waals surface area (Å²) >= 11 is 0. The molecule has 2 heterocycles. The highest BCUT2D eigenvalue weighted by molar-refractivity contribution is 5.83. The van der Waals surface area contributed by atoms with Crippen molar-refractivity contribution in [1.82, 2.24) is 14.4 Å². The van der Waals surface area contributed by atoms with Crippen molar-refractivity contribution in [2.24, 2.45) is 0 Å². The number of para-hydroxylation sites is 1. The van der Waals surface area contributed by atoms with Crippen LogP contribution in [0.1, 0.15) is 19.3 Å². The molecule has 5 nitrogen and oxygen atoms in total. The summed E-state index contributed by atoms with van der Waals surface area (Å²) in [7, 11) is 0. The van der Waals surface area contributed by atoms with E-state index in [4.69, 9.17) is 0 Å². The molecule has 0 unspecified atom stereocenters. The molecule has 0 radical (unpaired) electrons. The topological polar surface area (TPSA) is 48.7 Å². The number of carbonyl (C=O) groups excluding carboxylic acids is 1. The number of hydrogen-bond donors (Lipinski definition) is 1. The Morgan fingerprint density at radius 2 is 1.88 bits per heavy atom. The molecule has 24 heavy (non-hydrogen) atoms. The number of amides is 1. The number of fused-ring (bicyclic) bond motifs is 1. The Morgan fingerprint density at radius 1 is 1.08 bits per heavy atom. The SMILES string of the molecule is O=C(Cn1ccc2ccccc21)N1CCN([C@H]2CCC[C@@H]2O)CC1. The second-order valence-electron chi connectivity index (χ2n) is 6.98. The van der Waals surface area contributed by atoms with Gasteiger partial charge >= 0.3 is 0 Å². The van der Waals surface area contributed by atoms with Gasteiger partial charge in [-0.05, 0) is 36.8 Å². The maximum atomic E-state index is 12.6. The van der Waals surface area contributed by atoms with E-state index in [0.717, 1.165) is 51.0 Å². The minimum atomic E-state index is -0.182. The minimum absolute atomic E-state index is 0.182. The summed E-state index contributed by atoms with van der Waals surface area (Å²) in [6.07, 6.45) is 4.94. The van der Waals surface area contributed by atoms with Gasteiger partial charge in [-0.25, -0.2) is 0 Å². The molecule has 1 saturated carbocycles. The van der Waals surface area contributed by atoms with Gasteiger partial charge < -0.3 is 14.6 Å². The van der Waals surface area contributed by atoms with Crippen molar-refractivity contribution in [3.05, 3.63) is 36.5 Å². The van der Waals surface area contributed by atoms with Crippen LogP contribution in [0.5, 0.6) is 0 Å². The molecule has 1 aliphatic carbocycles. The van der Waals surface area contributed by atoms with Crippen molar-refractivity contribution >= 4 is 16.8 Å². The highest BCUT2D eigenvalue weighted by atomic mass is 16.3. The van der Waals surface area contributed by atoms with Gasteiger partial charge in [0.25, 0.3) is 0 Å². The van der Waals surface area contributed by atoms with Crippen LogP contribution in [0.3, 0.4) is 0 Å². The second kappa shape index (κ2) is 6.57. The first-order chi connectivity index (χ1) is 11.7. The second-order valence-corrected chi connectivity index (χ2v) is 6.98. The van der Waals surface area contributed by atoms with E-state index in [-0.39, 0.29) is 12.0 Å². The fourth-order valence-corrected chi connectivity index (χ4v) is 4.17. The standard InChI is InChI=1S/C19H25N3O2/c23-18-7-3-6-17(18)20-10-12-21(13-11-20)19(24)14-22-9-8-15-4-1-2-5-16(15)22/h1-2,4-5,8-9,17-18,23H,3,6-7,10-14H2/t17-,18-/m0/s1. The Balaban J connectivity index is 1.36. The van der Waals surface area contributed by atoms with Crippen LogP contribution < -0.4 is 0 Å². The Bertz CT molecular complexity index is 718. The molecule has 4 rings (SSSR count). The largest absolute Gasteiger partial charge is 0.391 e. The molecule has 0 bridgehead atoms. The number of carbonyl (C=O) groups is 1. The zero-order chi connectivity index (χ0) is 16.5. The maximum Gasteiger partial charge on any atom is 0.242 e. The first-order valence-corrected chi connectivity index (χ1v) is 8.96. The van der Waals surface area contributed by atoms with E-state index in [9.17, 15) is 9.90 Å². The fourth-order valence-electron chi connectivity index (χ4n) is 4.17. The molecule has 1 saturated heterocycles. The molecule has 1 aliphatic heterocycles. The van der Waals surface area contributed by atoms with E-state index in [1.165, 1.54) is 5.39 Å². The van der Waals surface area contributed by atoms with Gasteiger partial charge in [-0.15, -0.1) is 0 Å². The third-order valence-electron chi connectivity index (χ3n) is 5.57. The number of nitrogens with zero attached hydrogens (tertiary/aromatic N) is 3. The van der Waals surface area contributed by atoms with Crippen molar-refractivity contribution in [2.45, 2.75) is 38.0 Å². The van der Waals surface area contributed by atoms with Crippen LogP contribution >= 0.6 is 0 Å². The van der Waals surface area contributed by atoms with Crippen LogP contribution in [0.25, 0.3) is 10.9 Å². The highest BCUT2D eigenvalue weighted by Gasteiger charge is 2.33. The van der Waals surface area contributed by atoms with Gasteiger partial charge in [0, 0.05) is 43.9 Å². The summed E-state index contributed by atoms with van der Waals surface area (Å²) in [4.78, 5) is 17.0. The van der Waals surface area contributed by atoms with Crippen LogP contribution in [0, 0.1) is 0 Å². The lowest BCUT2D eigenvalue weighted by molar-refractivity contribution is -0.134. The van der Waals surface area contributed by atoms with Gasteiger partial charge in [0.15, 0.2) is 0 Å². The van der Waals surface area contributed by atoms with Crippen molar-refractivity contribution in [3.63, 3.8) is 0 Å². The lowest BCUT2D eigenvalue weighted by atomic mass is 10.1. The summed E-state index contributed by atoms with van der Waals surface area (Å²) in [6.45, 7) is 3.68. The van der Waals surface area contributed by atoms with Crippen LogP contribution in [0.4, 0.5) is 0 Å². The van der Waals surface area contributed by atoms with E-state index < -0.39 is 0 Å². The predicted molar refractivity (Wildman–Crippen MR) is 93.7 cm³/mol. The lowest BCUT2D eigenvalue weighted by Crippen LogP contribution is -2.54. The number of benzene rings is 1. The Labute approximate surface area is 142 Å². The third-order valence-corrected chi connectivity index (χ3v) is 5.57. The summed E-state index contributed by atoms with van der Waals surface area (Å²) in [6, 6.07) is 10.5. The van der Waals surface area contributed by atoms with Crippen LogP contribution in [0.2, 0.25) is 0 Å². The smallest absolute Gasteiger partial charge is 0.242 e. The minimum Gasteiger partial charge on any atom is -0.391 e. The highest BCUT2D eigenvalue weighted by Crippen LogP contribution is 2.25. The number of aliphatic hydroxyl groups is 1. The lowest BCUT2D eigenvalue weighted by Gasteiger charge is -2.39. The molecular formula is C19H25N3O2. The number of piperazine rings is 1.